The molecule has 0 spiro atoms. The number of halogens is 2. The van der Waals surface area contributed by atoms with Gasteiger partial charge >= 0.3 is 0 Å². The first kappa shape index (κ1) is 17.8. The topological polar surface area (TPSA) is 0 Å². The first-order valence-electron chi connectivity index (χ1n) is 11.9. The monoisotopic (exact) mass is 502 g/mol. The standard InChI is InChI=1S/C26H32Br2/c27-22-5-21(6-23(28)7-22)24-8-19-4-20(9-24)14-26(13-19,15-24)25-10-16-1-17(11-25)3-18(2-16)12-25/h5-7,16-20H,1-4,8-15H2. The van der Waals surface area contributed by atoms with Crippen molar-refractivity contribution in [1.29, 1.82) is 0 Å². The highest BCUT2D eigenvalue weighted by atomic mass is 79.9. The van der Waals surface area contributed by atoms with E-state index in [2.05, 4.69) is 50.1 Å². The van der Waals surface area contributed by atoms with Crippen molar-refractivity contribution >= 4 is 31.9 Å². The highest BCUT2D eigenvalue weighted by Crippen LogP contribution is 2.77. The maximum absolute atomic E-state index is 3.81. The molecule has 0 radical (unpaired) electrons. The Morgan fingerprint density at radius 3 is 1.57 bits per heavy atom. The first-order valence-corrected chi connectivity index (χ1v) is 13.5. The van der Waals surface area contributed by atoms with E-state index < -0.39 is 0 Å². The van der Waals surface area contributed by atoms with E-state index in [9.17, 15) is 0 Å². The number of benzene rings is 1. The minimum atomic E-state index is 0.472. The molecule has 8 aliphatic carbocycles. The van der Waals surface area contributed by atoms with Gasteiger partial charge in [-0.2, -0.15) is 0 Å². The first-order chi connectivity index (χ1) is 13.4. The zero-order valence-corrected chi connectivity index (χ0v) is 20.0. The second kappa shape index (κ2) is 5.70. The van der Waals surface area contributed by atoms with E-state index in [0.29, 0.717) is 10.8 Å². The van der Waals surface area contributed by atoms with Crippen molar-refractivity contribution in [1.82, 2.24) is 0 Å². The second-order valence-corrected chi connectivity index (χ2v) is 14.2. The molecule has 9 rings (SSSR count). The van der Waals surface area contributed by atoms with Crippen LogP contribution in [0.3, 0.4) is 0 Å². The molecule has 2 heteroatoms. The fourth-order valence-electron chi connectivity index (χ4n) is 10.8. The van der Waals surface area contributed by atoms with E-state index in [1.807, 2.05) is 0 Å². The largest absolute Gasteiger partial charge is 0.0508 e. The van der Waals surface area contributed by atoms with Crippen LogP contribution in [0.2, 0.25) is 0 Å². The van der Waals surface area contributed by atoms with Gasteiger partial charge in [0.05, 0.1) is 0 Å². The Kier molecular flexibility index (Phi) is 3.63. The van der Waals surface area contributed by atoms with E-state index in [4.69, 9.17) is 0 Å². The summed E-state index contributed by atoms with van der Waals surface area (Å²) in [5.74, 6) is 5.29. The lowest BCUT2D eigenvalue weighted by molar-refractivity contribution is -0.205. The van der Waals surface area contributed by atoms with E-state index in [-0.39, 0.29) is 0 Å². The Hall–Kier alpha value is 0.180. The molecule has 2 atom stereocenters. The average molecular weight is 504 g/mol. The SMILES string of the molecule is Brc1cc(Br)cc(C23CC4CC(C2)CC(C25CC6CC(CC(C6)C2)C5)(C4)C3)c1. The van der Waals surface area contributed by atoms with E-state index in [1.54, 1.807) is 63.4 Å². The highest BCUT2D eigenvalue weighted by molar-refractivity contribution is 9.11. The van der Waals surface area contributed by atoms with Crippen molar-refractivity contribution in [3.05, 3.63) is 32.7 Å². The number of rotatable bonds is 2. The summed E-state index contributed by atoms with van der Waals surface area (Å²) in [7, 11) is 0. The molecule has 1 aromatic rings. The summed E-state index contributed by atoms with van der Waals surface area (Å²) < 4.78 is 2.52. The van der Waals surface area contributed by atoms with Gasteiger partial charge in [0.1, 0.15) is 0 Å². The van der Waals surface area contributed by atoms with Crippen LogP contribution >= 0.6 is 31.9 Å². The third-order valence-corrected chi connectivity index (χ3v) is 11.6. The van der Waals surface area contributed by atoms with Crippen LogP contribution in [-0.2, 0) is 5.41 Å². The van der Waals surface area contributed by atoms with E-state index in [0.717, 1.165) is 35.0 Å². The van der Waals surface area contributed by atoms with Crippen LogP contribution in [-0.4, -0.2) is 0 Å². The molecular formula is C26H32Br2. The summed E-state index contributed by atoms with van der Waals surface area (Å²) in [6, 6.07) is 7.18. The van der Waals surface area contributed by atoms with Gasteiger partial charge in [0.25, 0.3) is 0 Å². The van der Waals surface area contributed by atoms with Crippen molar-refractivity contribution in [2.45, 2.75) is 82.5 Å². The Balaban J connectivity index is 1.34. The quantitative estimate of drug-likeness (QED) is 0.380. The molecule has 1 aromatic carbocycles. The van der Waals surface area contributed by atoms with Crippen molar-refractivity contribution < 1.29 is 0 Å². The molecule has 150 valence electrons. The van der Waals surface area contributed by atoms with Crippen molar-refractivity contribution in [2.75, 3.05) is 0 Å². The molecule has 0 aliphatic heterocycles. The number of hydrogen-bond acceptors (Lipinski definition) is 0. The molecule has 8 saturated carbocycles. The zero-order valence-electron chi connectivity index (χ0n) is 16.9. The lowest BCUT2D eigenvalue weighted by atomic mass is 9.32. The van der Waals surface area contributed by atoms with Gasteiger partial charge in [-0.05, 0) is 147 Å². The summed E-state index contributed by atoms with van der Waals surface area (Å²) in [4.78, 5) is 0. The zero-order chi connectivity index (χ0) is 18.7. The Morgan fingerprint density at radius 1 is 0.571 bits per heavy atom. The van der Waals surface area contributed by atoms with Crippen LogP contribution in [0.1, 0.15) is 82.6 Å². The Morgan fingerprint density at radius 2 is 1.04 bits per heavy atom. The summed E-state index contributed by atoms with van der Waals surface area (Å²) >= 11 is 7.61. The molecule has 8 bridgehead atoms. The van der Waals surface area contributed by atoms with E-state index in [1.165, 1.54) is 28.2 Å². The van der Waals surface area contributed by atoms with Gasteiger partial charge < -0.3 is 0 Å². The van der Waals surface area contributed by atoms with Gasteiger partial charge in [-0.25, -0.2) is 0 Å². The van der Waals surface area contributed by atoms with E-state index >= 15 is 0 Å². The summed E-state index contributed by atoms with van der Waals surface area (Å²) in [5.41, 5.74) is 3.53. The van der Waals surface area contributed by atoms with Gasteiger partial charge in [0.15, 0.2) is 0 Å². The summed E-state index contributed by atoms with van der Waals surface area (Å²) in [6.07, 6.45) is 18.8. The lowest BCUT2D eigenvalue weighted by Gasteiger charge is -2.72. The molecule has 0 heterocycles. The van der Waals surface area contributed by atoms with Crippen LogP contribution in [0, 0.1) is 40.4 Å². The van der Waals surface area contributed by atoms with Crippen LogP contribution in [0.4, 0.5) is 0 Å². The molecule has 0 nitrogen and oxygen atoms in total. The number of hydrogen-bond donors (Lipinski definition) is 0. The van der Waals surface area contributed by atoms with Crippen LogP contribution < -0.4 is 0 Å². The highest BCUT2D eigenvalue weighted by Gasteiger charge is 2.67. The van der Waals surface area contributed by atoms with Crippen molar-refractivity contribution in [3.8, 4) is 0 Å². The van der Waals surface area contributed by atoms with Gasteiger partial charge in [0.2, 0.25) is 0 Å². The molecule has 0 saturated heterocycles. The molecule has 8 fully saturated rings. The third-order valence-electron chi connectivity index (χ3n) is 10.7. The van der Waals surface area contributed by atoms with Crippen molar-refractivity contribution in [3.63, 3.8) is 0 Å². The third kappa shape index (κ3) is 2.34. The maximum Gasteiger partial charge on any atom is 0.0189 e. The van der Waals surface area contributed by atoms with Gasteiger partial charge in [-0.1, -0.05) is 31.9 Å². The van der Waals surface area contributed by atoms with Crippen LogP contribution in [0.5, 0.6) is 0 Å². The molecular weight excluding hydrogens is 472 g/mol. The fourth-order valence-corrected chi connectivity index (χ4v) is 12.1. The Bertz CT molecular complexity index is 769. The average Bonchev–Trinajstić information content (AvgIpc) is 2.58. The van der Waals surface area contributed by atoms with Gasteiger partial charge in [-0.3, -0.25) is 0 Å². The van der Waals surface area contributed by atoms with Gasteiger partial charge in [-0.15, -0.1) is 0 Å². The van der Waals surface area contributed by atoms with Crippen LogP contribution in [0.25, 0.3) is 0 Å². The normalized spacial score (nSPS) is 53.1. The molecule has 0 aromatic heterocycles. The van der Waals surface area contributed by atoms with Crippen molar-refractivity contribution in [2.24, 2.45) is 40.4 Å². The minimum absolute atomic E-state index is 0.472. The maximum atomic E-state index is 3.81. The van der Waals surface area contributed by atoms with Crippen LogP contribution in [0.15, 0.2) is 27.1 Å². The molecule has 28 heavy (non-hydrogen) atoms. The lowest BCUT2D eigenvalue weighted by Crippen LogP contribution is -2.63. The molecule has 2 unspecified atom stereocenters. The summed E-state index contributed by atoms with van der Waals surface area (Å²) in [6.45, 7) is 0. The molecule has 0 amide bonds. The fraction of sp³-hybridized carbons (Fsp3) is 0.769. The molecule has 0 N–H and O–H groups in total. The van der Waals surface area contributed by atoms with Gasteiger partial charge in [0, 0.05) is 8.95 Å². The Labute approximate surface area is 186 Å². The minimum Gasteiger partial charge on any atom is -0.0508 e. The predicted molar refractivity (Wildman–Crippen MR) is 121 cm³/mol. The molecule has 8 aliphatic rings. The second-order valence-electron chi connectivity index (χ2n) is 12.4. The smallest absolute Gasteiger partial charge is 0.0189 e. The predicted octanol–water partition coefficient (Wildman–Crippen LogP) is 8.27. The summed E-state index contributed by atoms with van der Waals surface area (Å²) in [5, 5.41) is 0.